The molecule has 0 spiro atoms. The molecule has 0 atom stereocenters. The highest BCUT2D eigenvalue weighted by Gasteiger charge is 1.99. The molecule has 16 heavy (non-hydrogen) atoms. The topological polar surface area (TPSA) is 82.8 Å². The Hall–Kier alpha value is -0.690. The van der Waals surface area contributed by atoms with Crippen LogP contribution in [0.4, 0.5) is 0 Å². The van der Waals surface area contributed by atoms with E-state index < -0.39 is 0 Å². The lowest BCUT2D eigenvalue weighted by molar-refractivity contribution is -0.126. The lowest BCUT2D eigenvalue weighted by Gasteiger charge is -2.06. The van der Waals surface area contributed by atoms with E-state index in [1.54, 1.807) is 7.11 Å². The molecule has 0 unspecified atom stereocenters. The summed E-state index contributed by atoms with van der Waals surface area (Å²) >= 11 is 0. The first kappa shape index (κ1) is 15.3. The maximum atomic E-state index is 11.2. The van der Waals surface area contributed by atoms with Crippen molar-refractivity contribution in [2.24, 2.45) is 5.73 Å². The molecular formula is C10H22N2O4. The highest BCUT2D eigenvalue weighted by atomic mass is 16.5. The van der Waals surface area contributed by atoms with E-state index in [0.717, 1.165) is 6.42 Å². The number of amides is 1. The zero-order valence-electron chi connectivity index (χ0n) is 9.87. The van der Waals surface area contributed by atoms with Crippen molar-refractivity contribution in [3.8, 4) is 0 Å². The number of nitrogens with one attached hydrogen (secondary N) is 1. The number of methoxy groups -OCH3 is 1. The van der Waals surface area contributed by atoms with E-state index in [9.17, 15) is 4.79 Å². The second-order valence-corrected chi connectivity index (χ2v) is 3.15. The fraction of sp³-hybridized carbons (Fsp3) is 0.900. The number of carbonyl (C=O) groups excluding carboxylic acids is 1. The van der Waals surface area contributed by atoms with Gasteiger partial charge in [0.25, 0.3) is 0 Å². The molecule has 0 heterocycles. The minimum absolute atomic E-state index is 0.0764. The molecule has 0 saturated carbocycles. The average molecular weight is 234 g/mol. The first-order valence-electron chi connectivity index (χ1n) is 5.42. The fourth-order valence-electron chi connectivity index (χ4n) is 0.946. The maximum Gasteiger partial charge on any atom is 0.246 e. The quantitative estimate of drug-likeness (QED) is 0.454. The summed E-state index contributed by atoms with van der Waals surface area (Å²) in [5.41, 5.74) is 5.25. The summed E-state index contributed by atoms with van der Waals surface area (Å²) in [6.07, 6.45) is 0.782. The molecule has 0 aliphatic rings. The van der Waals surface area contributed by atoms with Gasteiger partial charge in [0, 0.05) is 26.8 Å². The molecular weight excluding hydrogens is 212 g/mol. The predicted octanol–water partition coefficient (Wildman–Crippen LogP) is -0.869. The summed E-state index contributed by atoms with van der Waals surface area (Å²) in [6, 6.07) is 0. The zero-order valence-corrected chi connectivity index (χ0v) is 9.87. The first-order valence-corrected chi connectivity index (χ1v) is 5.42. The van der Waals surface area contributed by atoms with Gasteiger partial charge in [0.05, 0.1) is 19.8 Å². The third-order valence-corrected chi connectivity index (χ3v) is 1.71. The van der Waals surface area contributed by atoms with E-state index in [1.807, 2.05) is 0 Å². The van der Waals surface area contributed by atoms with E-state index >= 15 is 0 Å². The summed E-state index contributed by atoms with van der Waals surface area (Å²) in [5.74, 6) is -0.116. The molecule has 0 bridgehead atoms. The molecule has 6 heteroatoms. The van der Waals surface area contributed by atoms with Crippen LogP contribution in [-0.4, -0.2) is 59.1 Å². The van der Waals surface area contributed by atoms with Crippen molar-refractivity contribution >= 4 is 5.91 Å². The van der Waals surface area contributed by atoms with E-state index in [0.29, 0.717) is 39.5 Å². The van der Waals surface area contributed by atoms with Gasteiger partial charge in [0.2, 0.25) is 5.91 Å². The highest BCUT2D eigenvalue weighted by molar-refractivity contribution is 5.77. The Balaban J connectivity index is 3.11. The number of hydrogen-bond donors (Lipinski definition) is 2. The largest absolute Gasteiger partial charge is 0.382 e. The van der Waals surface area contributed by atoms with Gasteiger partial charge in [-0.1, -0.05) is 0 Å². The molecule has 0 saturated heterocycles. The summed E-state index contributed by atoms with van der Waals surface area (Å²) in [7, 11) is 1.59. The third-order valence-electron chi connectivity index (χ3n) is 1.71. The normalized spacial score (nSPS) is 10.4. The van der Waals surface area contributed by atoms with Crippen molar-refractivity contribution in [1.82, 2.24) is 5.32 Å². The van der Waals surface area contributed by atoms with Gasteiger partial charge in [0.15, 0.2) is 0 Å². The van der Waals surface area contributed by atoms with Crippen LogP contribution in [0.5, 0.6) is 0 Å². The van der Waals surface area contributed by atoms with Crippen LogP contribution in [0.15, 0.2) is 0 Å². The Labute approximate surface area is 96.4 Å². The number of carbonyl (C=O) groups is 1. The van der Waals surface area contributed by atoms with Gasteiger partial charge in [-0.05, 0) is 6.42 Å². The summed E-state index contributed by atoms with van der Waals surface area (Å²) in [5, 5.41) is 2.72. The molecule has 96 valence electrons. The predicted molar refractivity (Wildman–Crippen MR) is 60.2 cm³/mol. The SMILES string of the molecule is COCCOCC(=O)NCCCOCCN. The van der Waals surface area contributed by atoms with E-state index in [1.165, 1.54) is 0 Å². The Morgan fingerprint density at radius 1 is 1.19 bits per heavy atom. The molecule has 0 aromatic heterocycles. The van der Waals surface area contributed by atoms with Crippen LogP contribution >= 0.6 is 0 Å². The van der Waals surface area contributed by atoms with Gasteiger partial charge in [-0.15, -0.1) is 0 Å². The highest BCUT2D eigenvalue weighted by Crippen LogP contribution is 1.81. The first-order chi connectivity index (χ1) is 7.81. The summed E-state index contributed by atoms with van der Waals surface area (Å²) in [6.45, 7) is 3.31. The lowest BCUT2D eigenvalue weighted by atomic mass is 10.4. The summed E-state index contributed by atoms with van der Waals surface area (Å²) < 4.78 is 15.0. The van der Waals surface area contributed by atoms with Gasteiger partial charge < -0.3 is 25.3 Å². The standard InChI is InChI=1S/C10H22N2O4/c1-14-7-8-16-9-10(13)12-4-2-5-15-6-3-11/h2-9,11H2,1H3,(H,12,13). The van der Waals surface area contributed by atoms with Crippen molar-refractivity contribution in [2.75, 3.05) is 53.2 Å². The molecule has 0 rings (SSSR count). The molecule has 0 aromatic carbocycles. The van der Waals surface area contributed by atoms with Crippen LogP contribution in [0.1, 0.15) is 6.42 Å². The van der Waals surface area contributed by atoms with E-state index in [-0.39, 0.29) is 12.5 Å². The molecule has 0 aliphatic heterocycles. The molecule has 0 aromatic rings. The Kier molecular flexibility index (Phi) is 11.8. The van der Waals surface area contributed by atoms with E-state index in [4.69, 9.17) is 19.9 Å². The van der Waals surface area contributed by atoms with Crippen molar-refractivity contribution in [3.63, 3.8) is 0 Å². The average Bonchev–Trinajstić information content (AvgIpc) is 2.29. The number of nitrogens with two attached hydrogens (primary N) is 1. The third kappa shape index (κ3) is 11.4. The molecule has 1 amide bonds. The monoisotopic (exact) mass is 234 g/mol. The number of hydrogen-bond acceptors (Lipinski definition) is 5. The van der Waals surface area contributed by atoms with E-state index in [2.05, 4.69) is 5.32 Å². The Bertz CT molecular complexity index is 167. The zero-order chi connectivity index (χ0) is 12.1. The van der Waals surface area contributed by atoms with Crippen LogP contribution in [0.25, 0.3) is 0 Å². The van der Waals surface area contributed by atoms with Crippen LogP contribution in [0, 0.1) is 0 Å². The molecule has 0 fully saturated rings. The summed E-state index contributed by atoms with van der Waals surface area (Å²) in [4.78, 5) is 11.2. The van der Waals surface area contributed by atoms with Gasteiger partial charge >= 0.3 is 0 Å². The van der Waals surface area contributed by atoms with Crippen LogP contribution < -0.4 is 11.1 Å². The number of ether oxygens (including phenoxy) is 3. The van der Waals surface area contributed by atoms with Gasteiger partial charge in [-0.25, -0.2) is 0 Å². The Morgan fingerprint density at radius 3 is 2.69 bits per heavy atom. The smallest absolute Gasteiger partial charge is 0.246 e. The minimum atomic E-state index is -0.116. The van der Waals surface area contributed by atoms with Crippen LogP contribution in [-0.2, 0) is 19.0 Å². The minimum Gasteiger partial charge on any atom is -0.382 e. The van der Waals surface area contributed by atoms with Crippen molar-refractivity contribution in [3.05, 3.63) is 0 Å². The number of rotatable bonds is 11. The maximum absolute atomic E-state index is 11.2. The fourth-order valence-corrected chi connectivity index (χ4v) is 0.946. The van der Waals surface area contributed by atoms with Gasteiger partial charge in [0.1, 0.15) is 6.61 Å². The second-order valence-electron chi connectivity index (χ2n) is 3.15. The molecule has 0 aliphatic carbocycles. The van der Waals surface area contributed by atoms with Crippen molar-refractivity contribution in [2.45, 2.75) is 6.42 Å². The van der Waals surface area contributed by atoms with Crippen molar-refractivity contribution in [1.29, 1.82) is 0 Å². The second kappa shape index (κ2) is 12.4. The van der Waals surface area contributed by atoms with Crippen LogP contribution in [0.2, 0.25) is 0 Å². The molecule has 3 N–H and O–H groups in total. The Morgan fingerprint density at radius 2 is 2.00 bits per heavy atom. The van der Waals surface area contributed by atoms with Crippen LogP contribution in [0.3, 0.4) is 0 Å². The van der Waals surface area contributed by atoms with Crippen molar-refractivity contribution < 1.29 is 19.0 Å². The lowest BCUT2D eigenvalue weighted by Crippen LogP contribution is -2.29. The molecule has 0 radical (unpaired) electrons. The van der Waals surface area contributed by atoms with Gasteiger partial charge in [-0.3, -0.25) is 4.79 Å². The van der Waals surface area contributed by atoms with Gasteiger partial charge in [-0.2, -0.15) is 0 Å². The molecule has 6 nitrogen and oxygen atoms in total.